The lowest BCUT2D eigenvalue weighted by Gasteiger charge is -2.28. The minimum atomic E-state index is -0.377. The first-order valence-corrected chi connectivity index (χ1v) is 5.00. The highest BCUT2D eigenvalue weighted by Gasteiger charge is 2.25. The van der Waals surface area contributed by atoms with Crippen molar-refractivity contribution in [2.45, 2.75) is 26.0 Å². The van der Waals surface area contributed by atoms with E-state index in [1.165, 1.54) is 0 Å². The lowest BCUT2D eigenvalue weighted by Crippen LogP contribution is -2.31. The summed E-state index contributed by atoms with van der Waals surface area (Å²) in [6.45, 7) is 6.45. The quantitative estimate of drug-likeness (QED) is 0.579. The van der Waals surface area contributed by atoms with Gasteiger partial charge in [-0.25, -0.2) is 0 Å². The van der Waals surface area contributed by atoms with Gasteiger partial charge in [0.25, 0.3) is 0 Å². The van der Waals surface area contributed by atoms with E-state index in [-0.39, 0.29) is 21.4 Å². The third kappa shape index (κ3) is 1.99. The molecule has 0 spiro atoms. The van der Waals surface area contributed by atoms with Gasteiger partial charge in [-0.05, 0) is 5.41 Å². The molecule has 1 rings (SSSR count). The topological polar surface area (TPSA) is 36.2 Å². The van der Waals surface area contributed by atoms with Crippen LogP contribution in [0.2, 0.25) is 0 Å². The molecule has 62 valence electrons. The first-order valence-electron chi connectivity index (χ1n) is 3.65. The van der Waals surface area contributed by atoms with Crippen LogP contribution in [-0.2, 0) is 10.7 Å². The summed E-state index contributed by atoms with van der Waals surface area (Å²) in [7, 11) is -0.377. The van der Waals surface area contributed by atoms with Crippen molar-refractivity contribution < 1.29 is 0 Å². The van der Waals surface area contributed by atoms with Crippen molar-refractivity contribution in [2.24, 2.45) is 10.4 Å². The van der Waals surface area contributed by atoms with Crippen LogP contribution in [0.25, 0.3) is 0 Å². The van der Waals surface area contributed by atoms with Gasteiger partial charge in [-0.15, -0.1) is 0 Å². The molecule has 0 fully saturated rings. The van der Waals surface area contributed by atoms with Gasteiger partial charge in [-0.2, -0.15) is 0 Å². The molecule has 0 radical (unpaired) electrons. The molecule has 1 N–H and O–H groups in total. The fourth-order valence-corrected chi connectivity index (χ4v) is 2.32. The Labute approximate surface area is 70.3 Å². The van der Waals surface area contributed by atoms with E-state index < -0.39 is 0 Å². The molecule has 0 aromatic heterocycles. The average Bonchev–Trinajstić information content (AvgIpc) is 1.86. The highest BCUT2D eigenvalue weighted by molar-refractivity contribution is 7.90. The third-order valence-electron chi connectivity index (χ3n) is 1.64. The minimum Gasteiger partial charge on any atom is -0.275 e. The fourth-order valence-electron chi connectivity index (χ4n) is 0.983. The maximum atomic E-state index is 7.73. The second-order valence-corrected chi connectivity index (χ2v) is 5.27. The van der Waals surface area contributed by atoms with Gasteiger partial charge in [0.05, 0.1) is 5.25 Å². The molecule has 0 aliphatic carbocycles. The molecule has 2 unspecified atom stereocenters. The van der Waals surface area contributed by atoms with Crippen molar-refractivity contribution in [1.82, 2.24) is 0 Å². The highest BCUT2D eigenvalue weighted by Crippen LogP contribution is 2.24. The SMILES string of the molecule is CC(C)(C)C1C=NC=CS1=N. The van der Waals surface area contributed by atoms with Crippen LogP contribution in [0.5, 0.6) is 0 Å². The second-order valence-electron chi connectivity index (χ2n) is 3.74. The molecule has 0 aromatic rings. The smallest absolute Gasteiger partial charge is 0.0593 e. The molecule has 11 heavy (non-hydrogen) atoms. The maximum Gasteiger partial charge on any atom is 0.0593 e. The van der Waals surface area contributed by atoms with Crippen LogP contribution in [0.15, 0.2) is 16.6 Å². The molecule has 0 aromatic carbocycles. The Balaban J connectivity index is 2.82. The van der Waals surface area contributed by atoms with Gasteiger partial charge in [0.15, 0.2) is 0 Å². The molecule has 1 aliphatic heterocycles. The van der Waals surface area contributed by atoms with E-state index >= 15 is 0 Å². The number of hydrogen-bond acceptors (Lipinski definition) is 2. The molecule has 3 heteroatoms. The lowest BCUT2D eigenvalue weighted by atomic mass is 9.92. The van der Waals surface area contributed by atoms with Crippen molar-refractivity contribution in [3.63, 3.8) is 0 Å². The number of nitrogens with zero attached hydrogens (tertiary/aromatic N) is 1. The Morgan fingerprint density at radius 3 is 2.45 bits per heavy atom. The van der Waals surface area contributed by atoms with Gasteiger partial charge in [-0.1, -0.05) is 31.5 Å². The van der Waals surface area contributed by atoms with E-state index in [2.05, 4.69) is 25.8 Å². The standard InChI is InChI=1S/C8H14N2S/c1-8(2,3)7-6-10-4-5-11(7)9/h4-7,9H,1-3H3. The van der Waals surface area contributed by atoms with Gasteiger partial charge >= 0.3 is 0 Å². The van der Waals surface area contributed by atoms with Gasteiger partial charge in [0.1, 0.15) is 0 Å². The van der Waals surface area contributed by atoms with E-state index in [0.29, 0.717) is 0 Å². The molecule has 1 heterocycles. The first-order chi connectivity index (χ1) is 5.02. The van der Waals surface area contributed by atoms with Crippen LogP contribution in [0.3, 0.4) is 0 Å². The number of nitrogens with one attached hydrogen (secondary N) is 1. The summed E-state index contributed by atoms with van der Waals surface area (Å²) < 4.78 is 7.73. The molecule has 2 atom stereocenters. The van der Waals surface area contributed by atoms with Crippen LogP contribution in [-0.4, -0.2) is 11.5 Å². The van der Waals surface area contributed by atoms with Crippen LogP contribution in [0, 0.1) is 10.2 Å². The maximum absolute atomic E-state index is 7.73. The molecule has 0 amide bonds. The summed E-state index contributed by atoms with van der Waals surface area (Å²) in [6, 6.07) is 0. The number of aliphatic imine (C=N–C) groups is 1. The van der Waals surface area contributed by atoms with Crippen molar-refractivity contribution in [3.05, 3.63) is 11.6 Å². The van der Waals surface area contributed by atoms with Gasteiger partial charge in [-0.3, -0.25) is 9.77 Å². The van der Waals surface area contributed by atoms with E-state index in [0.717, 1.165) is 0 Å². The van der Waals surface area contributed by atoms with Gasteiger partial charge in [0.2, 0.25) is 0 Å². The molecule has 0 bridgehead atoms. The fraction of sp³-hybridized carbons (Fsp3) is 0.625. The molecular weight excluding hydrogens is 156 g/mol. The summed E-state index contributed by atoms with van der Waals surface area (Å²) in [5.41, 5.74) is 0.166. The molecule has 0 saturated carbocycles. The molecular formula is C8H14N2S. The molecule has 0 saturated heterocycles. The minimum absolute atomic E-state index is 0.166. The summed E-state index contributed by atoms with van der Waals surface area (Å²) >= 11 is 0. The highest BCUT2D eigenvalue weighted by atomic mass is 32.2. The normalized spacial score (nSPS) is 30.8. The zero-order chi connectivity index (χ0) is 8.48. The van der Waals surface area contributed by atoms with Crippen molar-refractivity contribution in [1.29, 1.82) is 4.78 Å². The van der Waals surface area contributed by atoms with Crippen molar-refractivity contribution >= 4 is 16.9 Å². The van der Waals surface area contributed by atoms with E-state index in [1.54, 1.807) is 6.20 Å². The lowest BCUT2D eigenvalue weighted by molar-refractivity contribution is 0.447. The Kier molecular flexibility index (Phi) is 2.28. The monoisotopic (exact) mass is 170 g/mol. The Morgan fingerprint density at radius 1 is 1.45 bits per heavy atom. The Hall–Kier alpha value is -0.440. The zero-order valence-corrected chi connectivity index (χ0v) is 7.98. The number of rotatable bonds is 0. The van der Waals surface area contributed by atoms with Crippen molar-refractivity contribution in [2.75, 3.05) is 0 Å². The van der Waals surface area contributed by atoms with Crippen molar-refractivity contribution in [3.8, 4) is 0 Å². The summed E-state index contributed by atoms with van der Waals surface area (Å²) in [6.07, 6.45) is 3.62. The van der Waals surface area contributed by atoms with Crippen LogP contribution < -0.4 is 0 Å². The third-order valence-corrected chi connectivity index (χ3v) is 3.43. The number of hydrogen-bond donors (Lipinski definition) is 1. The van der Waals surface area contributed by atoms with E-state index in [9.17, 15) is 0 Å². The first kappa shape index (κ1) is 8.65. The van der Waals surface area contributed by atoms with E-state index in [4.69, 9.17) is 4.78 Å². The molecule has 1 aliphatic rings. The Morgan fingerprint density at radius 2 is 2.09 bits per heavy atom. The summed E-state index contributed by atoms with van der Waals surface area (Å²) in [5, 5.41) is 2.16. The van der Waals surface area contributed by atoms with Crippen LogP contribution in [0.4, 0.5) is 0 Å². The van der Waals surface area contributed by atoms with Crippen LogP contribution >= 0.6 is 0 Å². The average molecular weight is 170 g/mol. The Bertz CT molecular complexity index is 223. The summed E-state index contributed by atoms with van der Waals surface area (Å²) in [5.74, 6) is 0. The van der Waals surface area contributed by atoms with Gasteiger partial charge in [0, 0.05) is 17.8 Å². The predicted octanol–water partition coefficient (Wildman–Crippen LogP) is 2.34. The van der Waals surface area contributed by atoms with E-state index in [1.807, 2.05) is 11.6 Å². The predicted molar refractivity (Wildman–Crippen MR) is 51.0 cm³/mol. The van der Waals surface area contributed by atoms with Crippen LogP contribution in [0.1, 0.15) is 20.8 Å². The summed E-state index contributed by atoms with van der Waals surface area (Å²) in [4.78, 5) is 4.06. The largest absolute Gasteiger partial charge is 0.275 e. The zero-order valence-electron chi connectivity index (χ0n) is 7.16. The molecule has 2 nitrogen and oxygen atoms in total. The second kappa shape index (κ2) is 2.89. The van der Waals surface area contributed by atoms with Gasteiger partial charge < -0.3 is 0 Å².